The maximum atomic E-state index is 13.9. The van der Waals surface area contributed by atoms with Gasteiger partial charge < -0.3 is 4.57 Å². The summed E-state index contributed by atoms with van der Waals surface area (Å²) >= 11 is 0. The summed E-state index contributed by atoms with van der Waals surface area (Å²) in [4.78, 5) is 0. The molecule has 4 nitrogen and oxygen atoms in total. The second kappa shape index (κ2) is 4.31. The van der Waals surface area contributed by atoms with Gasteiger partial charge in [-0.05, 0) is 25.0 Å². The molecule has 2 heterocycles. The highest BCUT2D eigenvalue weighted by Crippen LogP contribution is 2.28. The summed E-state index contributed by atoms with van der Waals surface area (Å²) < 4.78 is 43.1. The number of aryl methyl sites for hydroxylation is 1. The summed E-state index contributed by atoms with van der Waals surface area (Å²) in [7, 11) is -3.48. The van der Waals surface area contributed by atoms with Crippen molar-refractivity contribution >= 4 is 21.0 Å². The van der Waals surface area contributed by atoms with Crippen LogP contribution in [0.4, 0.5) is 4.39 Å². The number of hydrogen-bond donors (Lipinski definition) is 0. The van der Waals surface area contributed by atoms with Gasteiger partial charge in [-0.2, -0.15) is 8.42 Å². The Balaban J connectivity index is 2.02. The number of halogens is 1. The van der Waals surface area contributed by atoms with Crippen LogP contribution in [-0.4, -0.2) is 25.3 Å². The molecular weight excluding hydrogens is 269 g/mol. The molecule has 0 bridgehead atoms. The zero-order valence-electron chi connectivity index (χ0n) is 10.5. The third-order valence-corrected chi connectivity index (χ3v) is 4.00. The van der Waals surface area contributed by atoms with E-state index in [2.05, 4.69) is 0 Å². The Labute approximate surface area is 110 Å². The highest BCUT2D eigenvalue weighted by molar-refractivity contribution is 7.86. The average Bonchev–Trinajstić information content (AvgIpc) is 2.66. The molecule has 1 aliphatic heterocycles. The number of rotatable bonds is 2. The van der Waals surface area contributed by atoms with Crippen molar-refractivity contribution in [3.63, 3.8) is 0 Å². The van der Waals surface area contributed by atoms with Gasteiger partial charge in [0.05, 0.1) is 24.4 Å². The quantitative estimate of drug-likeness (QED) is 0.793. The molecule has 1 unspecified atom stereocenters. The van der Waals surface area contributed by atoms with Crippen LogP contribution in [0, 0.1) is 5.82 Å². The first-order valence-corrected chi connectivity index (χ1v) is 7.90. The van der Waals surface area contributed by atoms with E-state index < -0.39 is 16.2 Å². The van der Waals surface area contributed by atoms with Crippen LogP contribution in [0.2, 0.25) is 0 Å². The molecule has 0 saturated carbocycles. The molecular formula is C13H14FNO3S. The van der Waals surface area contributed by atoms with E-state index in [9.17, 15) is 12.8 Å². The predicted molar refractivity (Wildman–Crippen MR) is 69.9 cm³/mol. The first-order chi connectivity index (χ1) is 8.94. The lowest BCUT2D eigenvalue weighted by Crippen LogP contribution is -2.28. The van der Waals surface area contributed by atoms with Gasteiger partial charge >= 0.3 is 0 Å². The van der Waals surface area contributed by atoms with E-state index in [1.54, 1.807) is 6.07 Å². The normalized spacial score (nSPS) is 19.6. The van der Waals surface area contributed by atoms with Crippen molar-refractivity contribution in [1.82, 2.24) is 4.57 Å². The van der Waals surface area contributed by atoms with Gasteiger partial charge in [0.1, 0.15) is 5.82 Å². The van der Waals surface area contributed by atoms with Crippen LogP contribution in [0.15, 0.2) is 24.3 Å². The lowest BCUT2D eigenvalue weighted by atomic mass is 10.1. The minimum atomic E-state index is -3.48. The predicted octanol–water partition coefficient (Wildman–Crippen LogP) is 2.07. The Morgan fingerprint density at radius 2 is 2.21 bits per heavy atom. The Bertz CT molecular complexity index is 736. The van der Waals surface area contributed by atoms with E-state index in [0.717, 1.165) is 17.3 Å². The highest BCUT2D eigenvalue weighted by Gasteiger charge is 2.24. The van der Waals surface area contributed by atoms with Gasteiger partial charge in [-0.3, -0.25) is 4.18 Å². The maximum absolute atomic E-state index is 13.9. The molecule has 0 N–H and O–H groups in total. The zero-order valence-corrected chi connectivity index (χ0v) is 11.3. The molecule has 3 rings (SSSR count). The Morgan fingerprint density at radius 1 is 1.42 bits per heavy atom. The van der Waals surface area contributed by atoms with E-state index in [1.165, 1.54) is 6.07 Å². The first-order valence-electron chi connectivity index (χ1n) is 6.09. The highest BCUT2D eigenvalue weighted by atomic mass is 32.2. The summed E-state index contributed by atoms with van der Waals surface area (Å²) in [6.07, 6.45) is 1.94. The molecule has 0 spiro atoms. The summed E-state index contributed by atoms with van der Waals surface area (Å²) in [5.41, 5.74) is 1.55. The van der Waals surface area contributed by atoms with Crippen LogP contribution < -0.4 is 0 Å². The molecule has 2 aromatic rings. The van der Waals surface area contributed by atoms with Crippen LogP contribution >= 0.6 is 0 Å². The molecule has 0 aliphatic carbocycles. The fourth-order valence-electron chi connectivity index (χ4n) is 2.68. The second-order valence-electron chi connectivity index (χ2n) is 4.88. The van der Waals surface area contributed by atoms with E-state index in [4.69, 9.17) is 4.18 Å². The van der Waals surface area contributed by atoms with Gasteiger partial charge in [-0.25, -0.2) is 4.39 Å². The van der Waals surface area contributed by atoms with Crippen LogP contribution in [-0.2, 0) is 27.3 Å². The van der Waals surface area contributed by atoms with E-state index in [-0.39, 0.29) is 5.82 Å². The first kappa shape index (κ1) is 12.6. The largest absolute Gasteiger partial charge is 0.340 e. The van der Waals surface area contributed by atoms with Crippen molar-refractivity contribution in [2.45, 2.75) is 25.5 Å². The molecule has 0 saturated heterocycles. The summed E-state index contributed by atoms with van der Waals surface area (Å²) in [5.74, 6) is -0.288. The number of para-hydroxylation sites is 1. The summed E-state index contributed by atoms with van der Waals surface area (Å²) in [6.45, 7) is 0.368. The number of aromatic nitrogens is 1. The molecule has 1 aromatic carbocycles. The SMILES string of the molecule is CS(=O)(=O)OC1CCc2cc3cccc(F)c3n2C1. The maximum Gasteiger partial charge on any atom is 0.264 e. The third kappa shape index (κ3) is 2.37. The van der Waals surface area contributed by atoms with Gasteiger partial charge in [-0.1, -0.05) is 12.1 Å². The van der Waals surface area contributed by atoms with Gasteiger partial charge in [-0.15, -0.1) is 0 Å². The molecule has 102 valence electrons. The molecule has 1 atom stereocenters. The minimum Gasteiger partial charge on any atom is -0.340 e. The van der Waals surface area contributed by atoms with Crippen molar-refractivity contribution < 1.29 is 17.0 Å². The van der Waals surface area contributed by atoms with E-state index >= 15 is 0 Å². The molecule has 1 aliphatic rings. The second-order valence-corrected chi connectivity index (χ2v) is 6.49. The van der Waals surface area contributed by atoms with Crippen LogP contribution in [0.25, 0.3) is 10.9 Å². The smallest absolute Gasteiger partial charge is 0.264 e. The minimum absolute atomic E-state index is 0.288. The van der Waals surface area contributed by atoms with E-state index in [1.807, 2.05) is 16.7 Å². The number of fused-ring (bicyclic) bond motifs is 3. The molecule has 0 fully saturated rings. The standard InChI is InChI=1S/C13H14FNO3S/c1-19(16,17)18-11-6-5-10-7-9-3-2-4-12(14)13(9)15(10)8-11/h2-4,7,11H,5-6,8H2,1H3. The topological polar surface area (TPSA) is 48.3 Å². The summed E-state index contributed by atoms with van der Waals surface area (Å²) in [6, 6.07) is 6.90. The molecule has 6 heteroatoms. The monoisotopic (exact) mass is 283 g/mol. The summed E-state index contributed by atoms with van der Waals surface area (Å²) in [5, 5.41) is 0.843. The number of nitrogens with zero attached hydrogens (tertiary/aromatic N) is 1. The van der Waals surface area contributed by atoms with Crippen LogP contribution in [0.3, 0.4) is 0 Å². The van der Waals surface area contributed by atoms with Crippen molar-refractivity contribution in [3.05, 3.63) is 35.8 Å². The molecule has 0 radical (unpaired) electrons. The molecule has 1 aromatic heterocycles. The lowest BCUT2D eigenvalue weighted by Gasteiger charge is -2.24. The van der Waals surface area contributed by atoms with Crippen molar-refractivity contribution in [3.8, 4) is 0 Å². The van der Waals surface area contributed by atoms with Gasteiger partial charge in [0.25, 0.3) is 10.1 Å². The number of hydrogen-bond acceptors (Lipinski definition) is 3. The molecule has 19 heavy (non-hydrogen) atoms. The van der Waals surface area contributed by atoms with Gasteiger partial charge in [0.15, 0.2) is 0 Å². The van der Waals surface area contributed by atoms with Gasteiger partial charge in [0, 0.05) is 11.1 Å². The van der Waals surface area contributed by atoms with Crippen molar-refractivity contribution in [2.24, 2.45) is 0 Å². The lowest BCUT2D eigenvalue weighted by molar-refractivity contribution is 0.167. The molecule has 0 amide bonds. The fourth-order valence-corrected chi connectivity index (χ4v) is 3.33. The van der Waals surface area contributed by atoms with Gasteiger partial charge in [0.2, 0.25) is 0 Å². The average molecular weight is 283 g/mol. The van der Waals surface area contributed by atoms with Crippen molar-refractivity contribution in [2.75, 3.05) is 6.26 Å². The Kier molecular flexibility index (Phi) is 2.87. The zero-order chi connectivity index (χ0) is 13.6. The van der Waals surface area contributed by atoms with E-state index in [0.29, 0.717) is 24.9 Å². The van der Waals surface area contributed by atoms with Crippen molar-refractivity contribution in [1.29, 1.82) is 0 Å². The number of benzene rings is 1. The van der Waals surface area contributed by atoms with Crippen LogP contribution in [0.5, 0.6) is 0 Å². The third-order valence-electron chi connectivity index (χ3n) is 3.38. The van der Waals surface area contributed by atoms with Crippen LogP contribution in [0.1, 0.15) is 12.1 Å². The Morgan fingerprint density at radius 3 is 2.95 bits per heavy atom. The fraction of sp³-hybridized carbons (Fsp3) is 0.385. The Hall–Kier alpha value is -1.40.